The van der Waals surface area contributed by atoms with E-state index in [0.717, 1.165) is 42.6 Å². The minimum absolute atomic E-state index is 0.160. The monoisotopic (exact) mass is 363 g/mol. The predicted molar refractivity (Wildman–Crippen MR) is 96.7 cm³/mol. The number of halogens is 1. The molecule has 1 amide bonds. The topological polar surface area (TPSA) is 38.8 Å². The lowest BCUT2D eigenvalue weighted by Gasteiger charge is -2.53. The summed E-state index contributed by atoms with van der Waals surface area (Å²) in [6, 6.07) is 7.73. The van der Waals surface area contributed by atoms with Crippen LogP contribution < -0.4 is 0 Å². The highest BCUT2D eigenvalue weighted by molar-refractivity contribution is 6.31. The molecule has 2 heterocycles. The Morgan fingerprint density at radius 1 is 1.28 bits per heavy atom. The molecule has 25 heavy (non-hydrogen) atoms. The van der Waals surface area contributed by atoms with Crippen LogP contribution in [0.5, 0.6) is 0 Å². The molecule has 0 unspecified atom stereocenters. The molecule has 1 atom stereocenters. The Balaban J connectivity index is 1.23. The fraction of sp³-hybridized carbons (Fsp3) is 0.650. The van der Waals surface area contributed by atoms with Crippen LogP contribution in [0.1, 0.15) is 37.7 Å². The SMILES string of the molecule is O=C(CCc1ccccc1Cl)N1CC2(C[C@@H](OCC3CC3)CCO2)C1. The van der Waals surface area contributed by atoms with Crippen LogP contribution in [0, 0.1) is 5.92 Å². The first-order chi connectivity index (χ1) is 12.1. The standard InChI is InChI=1S/C20H26ClNO3/c21-18-4-2-1-3-16(18)7-8-19(23)22-13-20(14-22)11-17(9-10-25-20)24-12-15-5-6-15/h1-4,15,17H,5-14H2/t17-/m0/s1. The van der Waals surface area contributed by atoms with Crippen molar-refractivity contribution in [1.82, 2.24) is 4.90 Å². The number of nitrogens with zero attached hydrogens (tertiary/aromatic N) is 1. The van der Waals surface area contributed by atoms with Crippen molar-refractivity contribution in [2.45, 2.75) is 50.2 Å². The second-order valence-corrected chi connectivity index (χ2v) is 8.17. The lowest BCUT2D eigenvalue weighted by molar-refractivity contribution is -0.201. The average molecular weight is 364 g/mol. The lowest BCUT2D eigenvalue weighted by Crippen LogP contribution is -2.67. The van der Waals surface area contributed by atoms with Gasteiger partial charge in [-0.15, -0.1) is 0 Å². The van der Waals surface area contributed by atoms with Crippen molar-refractivity contribution in [2.24, 2.45) is 5.92 Å². The number of amides is 1. The highest BCUT2D eigenvalue weighted by Gasteiger charge is 2.49. The van der Waals surface area contributed by atoms with E-state index in [1.807, 2.05) is 29.2 Å². The number of benzene rings is 1. The molecule has 3 fully saturated rings. The van der Waals surface area contributed by atoms with E-state index in [9.17, 15) is 4.79 Å². The largest absolute Gasteiger partial charge is 0.378 e. The van der Waals surface area contributed by atoms with Crippen LogP contribution in [0.4, 0.5) is 0 Å². The van der Waals surface area contributed by atoms with Gasteiger partial charge in [0.15, 0.2) is 0 Å². The van der Waals surface area contributed by atoms with E-state index in [0.29, 0.717) is 32.0 Å². The summed E-state index contributed by atoms with van der Waals surface area (Å²) in [5.41, 5.74) is 0.877. The number of carbonyl (C=O) groups is 1. The first-order valence-electron chi connectivity index (χ1n) is 9.40. The van der Waals surface area contributed by atoms with Crippen LogP contribution in [-0.4, -0.2) is 48.8 Å². The molecule has 4 rings (SSSR count). The van der Waals surface area contributed by atoms with Crippen LogP contribution in [0.25, 0.3) is 0 Å². The molecule has 0 bridgehead atoms. The summed E-state index contributed by atoms with van der Waals surface area (Å²) in [7, 11) is 0. The van der Waals surface area contributed by atoms with Crippen molar-refractivity contribution >= 4 is 17.5 Å². The smallest absolute Gasteiger partial charge is 0.223 e. The molecule has 4 nitrogen and oxygen atoms in total. The Morgan fingerprint density at radius 3 is 2.84 bits per heavy atom. The molecule has 3 aliphatic rings. The first-order valence-corrected chi connectivity index (χ1v) is 9.78. The van der Waals surface area contributed by atoms with Crippen molar-refractivity contribution < 1.29 is 14.3 Å². The maximum Gasteiger partial charge on any atom is 0.223 e. The maximum atomic E-state index is 12.4. The van der Waals surface area contributed by atoms with Crippen LogP contribution in [0.15, 0.2) is 24.3 Å². The van der Waals surface area contributed by atoms with Gasteiger partial charge < -0.3 is 14.4 Å². The van der Waals surface area contributed by atoms with Crippen molar-refractivity contribution in [3.05, 3.63) is 34.9 Å². The van der Waals surface area contributed by atoms with E-state index < -0.39 is 0 Å². The number of aryl methyl sites for hydroxylation is 1. The molecule has 1 aromatic rings. The van der Waals surface area contributed by atoms with Crippen molar-refractivity contribution in [3.8, 4) is 0 Å². The molecule has 0 radical (unpaired) electrons. The second-order valence-electron chi connectivity index (χ2n) is 7.76. The maximum absolute atomic E-state index is 12.4. The third-order valence-electron chi connectivity index (χ3n) is 5.59. The van der Waals surface area contributed by atoms with Gasteiger partial charge in [0.05, 0.1) is 19.2 Å². The summed E-state index contributed by atoms with van der Waals surface area (Å²) in [6.45, 7) is 3.06. The Bertz CT molecular complexity index is 625. The number of hydrogen-bond acceptors (Lipinski definition) is 3. The highest BCUT2D eigenvalue weighted by atomic mass is 35.5. The van der Waals surface area contributed by atoms with E-state index in [4.69, 9.17) is 21.1 Å². The van der Waals surface area contributed by atoms with Crippen molar-refractivity contribution in [1.29, 1.82) is 0 Å². The molecule has 1 aromatic carbocycles. The van der Waals surface area contributed by atoms with Crippen LogP contribution in [-0.2, 0) is 20.7 Å². The van der Waals surface area contributed by atoms with Gasteiger partial charge in [0.25, 0.3) is 0 Å². The van der Waals surface area contributed by atoms with Gasteiger partial charge >= 0.3 is 0 Å². The highest BCUT2D eigenvalue weighted by Crippen LogP contribution is 2.37. The van der Waals surface area contributed by atoms with Crippen LogP contribution in [0.2, 0.25) is 5.02 Å². The normalized spacial score (nSPS) is 25.0. The number of likely N-dealkylation sites (tertiary alicyclic amines) is 1. The molecule has 1 spiro atoms. The summed E-state index contributed by atoms with van der Waals surface area (Å²) in [4.78, 5) is 14.4. The molecule has 0 aromatic heterocycles. The molecule has 2 saturated heterocycles. The molecular formula is C20H26ClNO3. The minimum Gasteiger partial charge on any atom is -0.378 e. The summed E-state index contributed by atoms with van der Waals surface area (Å²) in [5, 5.41) is 0.738. The van der Waals surface area contributed by atoms with Gasteiger partial charge in [-0.05, 0) is 43.2 Å². The van der Waals surface area contributed by atoms with Crippen LogP contribution in [0.3, 0.4) is 0 Å². The molecule has 136 valence electrons. The van der Waals surface area contributed by atoms with E-state index in [1.165, 1.54) is 12.8 Å². The van der Waals surface area contributed by atoms with Gasteiger partial charge in [-0.25, -0.2) is 0 Å². The molecule has 0 N–H and O–H groups in total. The average Bonchev–Trinajstić information content (AvgIpc) is 3.41. The fourth-order valence-corrected chi connectivity index (χ4v) is 4.06. The van der Waals surface area contributed by atoms with Gasteiger partial charge in [-0.3, -0.25) is 4.79 Å². The number of rotatable bonds is 6. The molecule has 2 aliphatic heterocycles. The summed E-state index contributed by atoms with van der Waals surface area (Å²) < 4.78 is 12.1. The zero-order chi connectivity index (χ0) is 17.3. The number of ether oxygens (including phenoxy) is 2. The third kappa shape index (κ3) is 4.18. The van der Waals surface area contributed by atoms with Crippen molar-refractivity contribution in [3.63, 3.8) is 0 Å². The van der Waals surface area contributed by atoms with Gasteiger partial charge in [0.1, 0.15) is 5.60 Å². The molecule has 5 heteroatoms. The van der Waals surface area contributed by atoms with E-state index in [1.54, 1.807) is 0 Å². The van der Waals surface area contributed by atoms with Gasteiger partial charge in [-0.1, -0.05) is 29.8 Å². The Labute approximate surface area is 154 Å². The van der Waals surface area contributed by atoms with Gasteiger partial charge in [0.2, 0.25) is 5.91 Å². The zero-order valence-corrected chi connectivity index (χ0v) is 15.3. The number of hydrogen-bond donors (Lipinski definition) is 0. The summed E-state index contributed by atoms with van der Waals surface area (Å²) in [6.07, 6.45) is 6.04. The van der Waals surface area contributed by atoms with E-state index in [-0.39, 0.29) is 11.5 Å². The number of carbonyl (C=O) groups excluding carboxylic acids is 1. The summed E-state index contributed by atoms with van der Waals surface area (Å²) >= 11 is 6.17. The molecular weight excluding hydrogens is 338 g/mol. The fourth-order valence-electron chi connectivity index (χ4n) is 3.83. The molecule has 1 saturated carbocycles. The van der Waals surface area contributed by atoms with Gasteiger partial charge in [-0.2, -0.15) is 0 Å². The van der Waals surface area contributed by atoms with Crippen molar-refractivity contribution in [2.75, 3.05) is 26.3 Å². The quantitative estimate of drug-likeness (QED) is 0.777. The Kier molecular flexibility index (Phi) is 5.03. The first kappa shape index (κ1) is 17.3. The van der Waals surface area contributed by atoms with E-state index in [2.05, 4.69) is 0 Å². The van der Waals surface area contributed by atoms with Crippen LogP contribution >= 0.6 is 11.6 Å². The second kappa shape index (κ2) is 7.26. The van der Waals surface area contributed by atoms with Gasteiger partial charge in [0, 0.05) is 31.1 Å². The van der Waals surface area contributed by atoms with E-state index >= 15 is 0 Å². The lowest BCUT2D eigenvalue weighted by atomic mass is 9.84. The third-order valence-corrected chi connectivity index (χ3v) is 5.96. The Hall–Kier alpha value is -1.10. The minimum atomic E-state index is -0.160. The molecule has 1 aliphatic carbocycles. The predicted octanol–water partition coefficient (Wildman–Crippen LogP) is 3.46. The summed E-state index contributed by atoms with van der Waals surface area (Å²) in [5.74, 6) is 0.984. The Morgan fingerprint density at radius 2 is 2.08 bits per heavy atom. The zero-order valence-electron chi connectivity index (χ0n) is 14.6.